The Morgan fingerprint density at radius 1 is 1.46 bits per heavy atom. The highest BCUT2D eigenvalue weighted by atomic mass is 16.5. The maximum absolute atomic E-state index is 12.5. The first kappa shape index (κ1) is 18.5. The summed E-state index contributed by atoms with van der Waals surface area (Å²) < 4.78 is 5.54. The predicted molar refractivity (Wildman–Crippen MR) is 99.9 cm³/mol. The van der Waals surface area contributed by atoms with E-state index in [4.69, 9.17) is 4.74 Å². The number of ether oxygens (including phenoxy) is 1. The molecule has 2 N–H and O–H groups in total. The van der Waals surface area contributed by atoms with E-state index in [0.717, 1.165) is 19.4 Å². The molecule has 1 aromatic carbocycles. The molecule has 0 spiro atoms. The average molecular weight is 358 g/mol. The van der Waals surface area contributed by atoms with Crippen LogP contribution in [0.2, 0.25) is 0 Å². The number of para-hydroxylation sites is 1. The highest BCUT2D eigenvalue weighted by molar-refractivity contribution is 5.81. The van der Waals surface area contributed by atoms with Crippen LogP contribution in [-0.2, 0) is 16.1 Å². The van der Waals surface area contributed by atoms with Crippen LogP contribution < -0.4 is 10.9 Å². The van der Waals surface area contributed by atoms with Gasteiger partial charge < -0.3 is 15.0 Å². The van der Waals surface area contributed by atoms with E-state index in [1.807, 2.05) is 36.9 Å². The zero-order chi connectivity index (χ0) is 18.5. The summed E-state index contributed by atoms with van der Waals surface area (Å²) in [6, 6.07) is 6.93. The zero-order valence-electron chi connectivity index (χ0n) is 15.3. The second kappa shape index (κ2) is 8.42. The lowest BCUT2D eigenvalue weighted by molar-refractivity contribution is -0.126. The number of nitrogens with one attached hydrogen (secondary N) is 2. The van der Waals surface area contributed by atoms with Crippen molar-refractivity contribution in [3.63, 3.8) is 0 Å². The summed E-state index contributed by atoms with van der Waals surface area (Å²) >= 11 is 0. The van der Waals surface area contributed by atoms with E-state index < -0.39 is 0 Å². The number of hydrogen-bond donors (Lipinski definition) is 2. The Kier molecular flexibility index (Phi) is 6.00. The average Bonchev–Trinajstić information content (AvgIpc) is 3.17. The van der Waals surface area contributed by atoms with E-state index >= 15 is 0 Å². The van der Waals surface area contributed by atoms with Crippen molar-refractivity contribution in [1.29, 1.82) is 0 Å². The normalized spacial score (nSPS) is 18.3. The van der Waals surface area contributed by atoms with Crippen LogP contribution in [0.1, 0.15) is 32.5 Å². The van der Waals surface area contributed by atoms with Crippen LogP contribution in [0.5, 0.6) is 0 Å². The first-order chi connectivity index (χ1) is 12.6. The molecule has 7 heteroatoms. The standard InChI is InChI=1S/C19H26N4O3/c1-3-23(13(2)18(24)20-11-14-7-6-10-26-14)12-17-21-16-9-5-4-8-15(16)19(25)22-17/h4-5,8-9,13-14H,3,6-7,10-12H2,1-2H3,(H,20,24)(H,21,22,25). The van der Waals surface area contributed by atoms with E-state index in [-0.39, 0.29) is 23.6 Å². The van der Waals surface area contributed by atoms with Crippen LogP contribution in [0.25, 0.3) is 10.9 Å². The molecule has 2 unspecified atom stereocenters. The van der Waals surface area contributed by atoms with Crippen LogP contribution in [0.15, 0.2) is 29.1 Å². The van der Waals surface area contributed by atoms with E-state index in [9.17, 15) is 9.59 Å². The molecule has 1 aliphatic heterocycles. The highest BCUT2D eigenvalue weighted by Gasteiger charge is 2.23. The molecule has 1 aromatic heterocycles. The molecular weight excluding hydrogens is 332 g/mol. The van der Waals surface area contributed by atoms with Crippen molar-refractivity contribution >= 4 is 16.8 Å². The van der Waals surface area contributed by atoms with Crippen LogP contribution in [0.3, 0.4) is 0 Å². The second-order valence-corrected chi connectivity index (χ2v) is 6.65. The molecule has 2 atom stereocenters. The first-order valence-corrected chi connectivity index (χ1v) is 9.19. The molecule has 7 nitrogen and oxygen atoms in total. The maximum atomic E-state index is 12.5. The molecule has 1 amide bonds. The van der Waals surface area contributed by atoms with Gasteiger partial charge in [0, 0.05) is 13.2 Å². The topological polar surface area (TPSA) is 87.3 Å². The Balaban J connectivity index is 1.66. The predicted octanol–water partition coefficient (Wildman–Crippen LogP) is 1.43. The molecule has 140 valence electrons. The number of nitrogens with zero attached hydrogens (tertiary/aromatic N) is 2. The van der Waals surface area contributed by atoms with E-state index in [0.29, 0.717) is 36.4 Å². The SMILES string of the molecule is CCN(Cc1nc2ccccc2c(=O)[nH]1)C(C)C(=O)NCC1CCCO1. The third-order valence-electron chi connectivity index (χ3n) is 4.88. The Morgan fingerprint density at radius 2 is 2.27 bits per heavy atom. The molecule has 3 rings (SSSR count). The Morgan fingerprint density at radius 3 is 3.00 bits per heavy atom. The lowest BCUT2D eigenvalue weighted by atomic mass is 10.2. The van der Waals surface area contributed by atoms with Gasteiger partial charge in [-0.05, 0) is 38.4 Å². The van der Waals surface area contributed by atoms with Gasteiger partial charge in [0.05, 0.1) is 29.6 Å². The number of H-pyrrole nitrogens is 1. The van der Waals surface area contributed by atoms with Gasteiger partial charge in [0.2, 0.25) is 5.91 Å². The van der Waals surface area contributed by atoms with Crippen LogP contribution >= 0.6 is 0 Å². The Bertz CT molecular complexity index is 814. The number of amides is 1. The Hall–Kier alpha value is -2.25. The number of aromatic nitrogens is 2. The lowest BCUT2D eigenvalue weighted by Crippen LogP contribution is -2.46. The minimum absolute atomic E-state index is 0.0366. The Labute approximate surface area is 152 Å². The fourth-order valence-electron chi connectivity index (χ4n) is 3.26. The molecule has 1 saturated heterocycles. The molecule has 2 heterocycles. The molecule has 0 bridgehead atoms. The van der Waals surface area contributed by atoms with Gasteiger partial charge in [-0.25, -0.2) is 4.98 Å². The minimum Gasteiger partial charge on any atom is -0.376 e. The summed E-state index contributed by atoms with van der Waals surface area (Å²) in [7, 11) is 0. The van der Waals surface area contributed by atoms with Crippen molar-refractivity contribution in [3.05, 3.63) is 40.4 Å². The monoisotopic (exact) mass is 358 g/mol. The fourth-order valence-corrected chi connectivity index (χ4v) is 3.26. The summed E-state index contributed by atoms with van der Waals surface area (Å²) in [4.78, 5) is 34.0. The zero-order valence-corrected chi connectivity index (χ0v) is 15.3. The molecule has 26 heavy (non-hydrogen) atoms. The molecule has 0 radical (unpaired) electrons. The smallest absolute Gasteiger partial charge is 0.258 e. The number of likely N-dealkylation sites (N-methyl/N-ethyl adjacent to an activating group) is 1. The summed E-state index contributed by atoms with van der Waals surface area (Å²) in [5.41, 5.74) is 0.509. The van der Waals surface area contributed by atoms with Crippen molar-refractivity contribution in [1.82, 2.24) is 20.2 Å². The van der Waals surface area contributed by atoms with Gasteiger partial charge in [0.25, 0.3) is 5.56 Å². The quantitative estimate of drug-likeness (QED) is 0.782. The van der Waals surface area contributed by atoms with Crippen molar-refractivity contribution in [2.75, 3.05) is 19.7 Å². The second-order valence-electron chi connectivity index (χ2n) is 6.65. The van der Waals surface area contributed by atoms with E-state index in [2.05, 4.69) is 15.3 Å². The number of carbonyl (C=O) groups excluding carboxylic acids is 1. The van der Waals surface area contributed by atoms with Gasteiger partial charge in [-0.15, -0.1) is 0 Å². The number of benzene rings is 1. The molecule has 0 aliphatic carbocycles. The first-order valence-electron chi connectivity index (χ1n) is 9.19. The van der Waals surface area contributed by atoms with Crippen molar-refractivity contribution < 1.29 is 9.53 Å². The van der Waals surface area contributed by atoms with Crippen molar-refractivity contribution in [3.8, 4) is 0 Å². The molecule has 1 aliphatic rings. The van der Waals surface area contributed by atoms with Gasteiger partial charge >= 0.3 is 0 Å². The number of hydrogen-bond acceptors (Lipinski definition) is 5. The van der Waals surface area contributed by atoms with Gasteiger partial charge in [0.1, 0.15) is 5.82 Å². The van der Waals surface area contributed by atoms with Gasteiger partial charge in [0.15, 0.2) is 0 Å². The third-order valence-corrected chi connectivity index (χ3v) is 4.88. The lowest BCUT2D eigenvalue weighted by Gasteiger charge is -2.26. The summed E-state index contributed by atoms with van der Waals surface area (Å²) in [5, 5.41) is 3.54. The van der Waals surface area contributed by atoms with Gasteiger partial charge in [-0.1, -0.05) is 19.1 Å². The van der Waals surface area contributed by atoms with Crippen LogP contribution in [0, 0.1) is 0 Å². The molecule has 2 aromatic rings. The van der Waals surface area contributed by atoms with Crippen LogP contribution in [-0.4, -0.2) is 52.6 Å². The largest absolute Gasteiger partial charge is 0.376 e. The number of carbonyl (C=O) groups is 1. The van der Waals surface area contributed by atoms with Crippen molar-refractivity contribution in [2.24, 2.45) is 0 Å². The summed E-state index contributed by atoms with van der Waals surface area (Å²) in [5.74, 6) is 0.528. The number of rotatable bonds is 7. The maximum Gasteiger partial charge on any atom is 0.258 e. The van der Waals surface area contributed by atoms with E-state index in [1.165, 1.54) is 0 Å². The fraction of sp³-hybridized carbons (Fsp3) is 0.526. The van der Waals surface area contributed by atoms with Gasteiger partial charge in [-0.3, -0.25) is 14.5 Å². The molecule has 0 saturated carbocycles. The third kappa shape index (κ3) is 4.28. The van der Waals surface area contributed by atoms with E-state index in [1.54, 1.807) is 6.07 Å². The number of aromatic amines is 1. The van der Waals surface area contributed by atoms with Crippen LogP contribution in [0.4, 0.5) is 0 Å². The number of fused-ring (bicyclic) bond motifs is 1. The highest BCUT2D eigenvalue weighted by Crippen LogP contribution is 2.12. The molecular formula is C19H26N4O3. The minimum atomic E-state index is -0.321. The van der Waals surface area contributed by atoms with Gasteiger partial charge in [-0.2, -0.15) is 0 Å². The summed E-state index contributed by atoms with van der Waals surface area (Å²) in [6.45, 7) is 6.26. The molecule has 1 fully saturated rings. The summed E-state index contributed by atoms with van der Waals surface area (Å²) in [6.07, 6.45) is 2.17. The van der Waals surface area contributed by atoms with Crippen molar-refractivity contribution in [2.45, 2.75) is 45.4 Å².